The molecule has 0 spiro atoms. The predicted octanol–water partition coefficient (Wildman–Crippen LogP) is 5.92. The molecule has 0 saturated carbocycles. The van der Waals surface area contributed by atoms with Crippen LogP contribution in [0.5, 0.6) is 5.75 Å². The molecule has 3 rings (SSSR count). The number of aliphatic carboxylic acids is 1. The number of carboxylic acids is 1. The molecule has 1 atom stereocenters. The number of carboxylic acid groups (broad SMARTS) is 1. The summed E-state index contributed by atoms with van der Waals surface area (Å²) >= 11 is 1.38. The van der Waals surface area contributed by atoms with Crippen molar-refractivity contribution in [3.05, 3.63) is 42.5 Å². The first-order valence-electron chi connectivity index (χ1n) is 12.8. The molecule has 1 aliphatic rings. The third kappa shape index (κ3) is 6.81. The van der Waals surface area contributed by atoms with E-state index in [1.165, 1.54) is 17.8 Å². The number of benzene rings is 2. The van der Waals surface area contributed by atoms with Crippen molar-refractivity contribution in [3.63, 3.8) is 0 Å². The number of nitrogens with zero attached hydrogens (tertiary/aromatic N) is 1. The molecule has 9 heteroatoms. The summed E-state index contributed by atoms with van der Waals surface area (Å²) in [6, 6.07) is 13.2. The van der Waals surface area contributed by atoms with E-state index < -0.39 is 33.4 Å². The summed E-state index contributed by atoms with van der Waals surface area (Å²) in [4.78, 5) is 14.4. The van der Waals surface area contributed by atoms with Gasteiger partial charge in [-0.15, -0.1) is 11.8 Å². The Balaban J connectivity index is 2.20. The van der Waals surface area contributed by atoms with E-state index in [0.717, 1.165) is 51.1 Å². The number of unbranched alkanes of at least 4 members (excludes halogenated alkanes) is 2. The molecular formula is C28H39NO6S2. The lowest BCUT2D eigenvalue weighted by Crippen LogP contribution is -2.41. The van der Waals surface area contributed by atoms with Gasteiger partial charge in [0.25, 0.3) is 0 Å². The molecule has 0 saturated heterocycles. The molecule has 1 aliphatic heterocycles. The van der Waals surface area contributed by atoms with Crippen LogP contribution in [0, 0.1) is 5.41 Å². The fraction of sp³-hybridized carbons (Fsp3) is 0.536. The minimum atomic E-state index is -3.72. The second-order valence-electron chi connectivity index (χ2n) is 10.2. The van der Waals surface area contributed by atoms with E-state index in [2.05, 4.69) is 18.7 Å². The van der Waals surface area contributed by atoms with Crippen molar-refractivity contribution >= 4 is 38.9 Å². The van der Waals surface area contributed by atoms with Crippen LogP contribution in [-0.2, 0) is 14.6 Å². The van der Waals surface area contributed by atoms with Gasteiger partial charge in [-0.25, -0.2) is 13.2 Å². The van der Waals surface area contributed by atoms with Gasteiger partial charge in [-0.3, -0.25) is 0 Å². The molecule has 0 amide bonds. The van der Waals surface area contributed by atoms with Gasteiger partial charge in [-0.2, -0.15) is 0 Å². The average molecular weight is 550 g/mol. The molecule has 2 N–H and O–H groups in total. The van der Waals surface area contributed by atoms with Crippen LogP contribution in [0.25, 0.3) is 0 Å². The minimum absolute atomic E-state index is 0.0429. The van der Waals surface area contributed by atoms with Gasteiger partial charge in [-0.1, -0.05) is 57.7 Å². The largest absolute Gasteiger partial charge is 0.489 e. The second kappa shape index (κ2) is 12.1. The van der Waals surface area contributed by atoms with E-state index in [4.69, 9.17) is 4.74 Å². The SMILES string of the molecule is CCCCC1(CCCC)CN(c2ccccc2)c2cc(SC)c(OC[C@](C)(O)C(=O)O)cc2S(=O)(=O)C1. The third-order valence-corrected chi connectivity index (χ3v) is 9.77. The number of rotatable bonds is 12. The molecule has 0 radical (unpaired) electrons. The normalized spacial score (nSPS) is 17.9. The molecule has 37 heavy (non-hydrogen) atoms. The van der Waals surface area contributed by atoms with E-state index in [1.807, 2.05) is 42.7 Å². The van der Waals surface area contributed by atoms with Gasteiger partial charge in [-0.05, 0) is 44.2 Å². The first-order valence-corrected chi connectivity index (χ1v) is 15.7. The fourth-order valence-corrected chi connectivity index (χ4v) is 7.52. The molecule has 0 aliphatic carbocycles. The minimum Gasteiger partial charge on any atom is -0.489 e. The molecule has 204 valence electrons. The number of fused-ring (bicyclic) bond motifs is 1. The van der Waals surface area contributed by atoms with Crippen molar-refractivity contribution in [2.24, 2.45) is 5.41 Å². The van der Waals surface area contributed by atoms with Crippen LogP contribution in [0.15, 0.2) is 52.3 Å². The summed E-state index contributed by atoms with van der Waals surface area (Å²) in [6.45, 7) is 5.49. The third-order valence-electron chi connectivity index (χ3n) is 7.02. The Bertz CT molecular complexity index is 1170. The van der Waals surface area contributed by atoms with Crippen molar-refractivity contribution in [3.8, 4) is 5.75 Å². The number of ether oxygens (including phenoxy) is 1. The quantitative estimate of drug-likeness (QED) is 0.315. The van der Waals surface area contributed by atoms with Gasteiger partial charge in [0.15, 0.2) is 15.4 Å². The highest BCUT2D eigenvalue weighted by Gasteiger charge is 2.42. The molecule has 0 unspecified atom stereocenters. The number of carbonyl (C=O) groups is 1. The van der Waals surface area contributed by atoms with Crippen LogP contribution >= 0.6 is 11.8 Å². The molecule has 2 aromatic carbocycles. The average Bonchev–Trinajstić information content (AvgIpc) is 2.97. The van der Waals surface area contributed by atoms with Crippen molar-refractivity contribution in [2.45, 2.75) is 74.7 Å². The van der Waals surface area contributed by atoms with Crippen molar-refractivity contribution < 1.29 is 28.2 Å². The number of anilines is 2. The smallest absolute Gasteiger partial charge is 0.339 e. The molecule has 0 fully saturated rings. The standard InChI is InChI=1S/C28H39NO6S2/c1-5-7-14-28(15-8-6-2)18-29(21-12-10-9-11-13-21)22-16-24(36-4)23(17-25(22)37(33,34)20-28)35-19-27(3,32)26(30)31/h9-13,16-17,32H,5-8,14-15,18-20H2,1-4H3,(H,30,31)/t27-/m0/s1. The van der Waals surface area contributed by atoms with E-state index in [1.54, 1.807) is 0 Å². The van der Waals surface area contributed by atoms with Gasteiger partial charge in [0, 0.05) is 23.7 Å². The number of sulfone groups is 1. The molecular weight excluding hydrogens is 510 g/mol. The summed E-state index contributed by atoms with van der Waals surface area (Å²) in [5.41, 5.74) is -0.990. The zero-order chi connectivity index (χ0) is 27.3. The summed E-state index contributed by atoms with van der Waals surface area (Å²) in [7, 11) is -3.72. The molecule has 1 heterocycles. The number of thioether (sulfide) groups is 1. The van der Waals surface area contributed by atoms with Crippen molar-refractivity contribution in [1.82, 2.24) is 0 Å². The lowest BCUT2D eigenvalue weighted by atomic mass is 9.79. The maximum absolute atomic E-state index is 14.0. The Morgan fingerprint density at radius 2 is 1.76 bits per heavy atom. The van der Waals surface area contributed by atoms with Gasteiger partial charge in [0.2, 0.25) is 0 Å². The zero-order valence-electron chi connectivity index (χ0n) is 22.2. The van der Waals surface area contributed by atoms with Crippen LogP contribution in [-0.4, -0.2) is 55.4 Å². The van der Waals surface area contributed by atoms with Gasteiger partial charge in [0.05, 0.1) is 21.2 Å². The van der Waals surface area contributed by atoms with E-state index in [-0.39, 0.29) is 16.4 Å². The Morgan fingerprint density at radius 3 is 2.30 bits per heavy atom. The Labute approximate surface area is 225 Å². The first kappa shape index (κ1) is 29.3. The molecule has 0 aromatic heterocycles. The Hall–Kier alpha value is -2.23. The molecule has 0 bridgehead atoms. The van der Waals surface area contributed by atoms with Gasteiger partial charge >= 0.3 is 5.97 Å². The highest BCUT2D eigenvalue weighted by atomic mass is 32.2. The number of hydrogen-bond acceptors (Lipinski definition) is 7. The maximum atomic E-state index is 14.0. The Kier molecular flexibility index (Phi) is 9.58. The zero-order valence-corrected chi connectivity index (χ0v) is 23.8. The monoisotopic (exact) mass is 549 g/mol. The lowest BCUT2D eigenvalue weighted by molar-refractivity contribution is -0.159. The predicted molar refractivity (Wildman–Crippen MR) is 149 cm³/mol. The maximum Gasteiger partial charge on any atom is 0.339 e. The number of para-hydroxylation sites is 1. The van der Waals surface area contributed by atoms with Crippen LogP contribution in [0.2, 0.25) is 0 Å². The molecule has 7 nitrogen and oxygen atoms in total. The number of hydrogen-bond donors (Lipinski definition) is 2. The Morgan fingerprint density at radius 1 is 1.14 bits per heavy atom. The highest BCUT2D eigenvalue weighted by molar-refractivity contribution is 7.98. The summed E-state index contributed by atoms with van der Waals surface area (Å²) in [5, 5.41) is 19.4. The van der Waals surface area contributed by atoms with E-state index in [9.17, 15) is 23.4 Å². The van der Waals surface area contributed by atoms with E-state index in [0.29, 0.717) is 17.1 Å². The number of aliphatic hydroxyl groups is 1. The summed E-state index contributed by atoms with van der Waals surface area (Å²) < 4.78 is 33.8. The van der Waals surface area contributed by atoms with Crippen molar-refractivity contribution in [1.29, 1.82) is 0 Å². The van der Waals surface area contributed by atoms with Gasteiger partial charge in [0.1, 0.15) is 12.4 Å². The first-order chi connectivity index (χ1) is 17.5. The topological polar surface area (TPSA) is 104 Å². The van der Waals surface area contributed by atoms with Crippen molar-refractivity contribution in [2.75, 3.05) is 30.1 Å². The fourth-order valence-electron chi connectivity index (χ4n) is 4.86. The van der Waals surface area contributed by atoms with Crippen LogP contribution < -0.4 is 9.64 Å². The van der Waals surface area contributed by atoms with Gasteiger partial charge < -0.3 is 19.8 Å². The molecule has 2 aromatic rings. The summed E-state index contributed by atoms with van der Waals surface area (Å²) in [6.07, 6.45) is 7.38. The lowest BCUT2D eigenvalue weighted by Gasteiger charge is -2.37. The highest BCUT2D eigenvalue weighted by Crippen LogP contribution is 2.47. The van der Waals surface area contributed by atoms with E-state index >= 15 is 0 Å². The summed E-state index contributed by atoms with van der Waals surface area (Å²) in [5.74, 6) is -1.12. The second-order valence-corrected chi connectivity index (χ2v) is 13.0. The van der Waals surface area contributed by atoms with Crippen LogP contribution in [0.1, 0.15) is 59.3 Å². The van der Waals surface area contributed by atoms with Crippen LogP contribution in [0.3, 0.4) is 0 Å². The van der Waals surface area contributed by atoms with Crippen LogP contribution in [0.4, 0.5) is 11.4 Å².